The Labute approximate surface area is 327 Å². The van der Waals surface area contributed by atoms with Gasteiger partial charge in [-0.25, -0.2) is 14.2 Å². The third-order valence-electron chi connectivity index (χ3n) is 5.27. The maximum Gasteiger partial charge on any atom is 0.335 e. The first-order valence-electron chi connectivity index (χ1n) is 17.5. The second-order valence-corrected chi connectivity index (χ2v) is 13.3. The number of alkyl halides is 1. The van der Waals surface area contributed by atoms with Crippen LogP contribution in [0.4, 0.5) is 4.39 Å². The van der Waals surface area contributed by atoms with Crippen molar-refractivity contribution in [3.8, 4) is 12.3 Å². The summed E-state index contributed by atoms with van der Waals surface area (Å²) in [5, 5.41) is 2.28. The SMILES string of the molecule is C#CC(=O)C(C)C.C=CC(=O)C(C)C.C=CC(=O)CC(C)C.CC(=O)C(C)C.CC(C)C(=O)CF.CC(C)N=C=S.[C-]#[N+]/C(=C\C(C)C)C(=O)OCC. The summed E-state index contributed by atoms with van der Waals surface area (Å²) in [6.45, 7) is 42.4. The van der Waals surface area contributed by atoms with Gasteiger partial charge in [0.15, 0.2) is 17.3 Å². The standard InChI is InChI=1S/C9H13NO2.C7H12O.C6H10O.C6H8O.C5H9FO.C5H10O.C4H7NS/c1-5-12-9(11)8(10-4)6-7(2)3;1-4-7(8)5-6(2)3;2*1-4-6(7)5(2)3;1-4(2)5(7)3-6;1-4(2)5(3)6;1-4(2)5-3-6/h6-7H,5H2,1-3H3;4,6H,1,5H2,2-3H3;4-5H,1H2,2-3H3;1,5H,2-3H3;4H,3H2,1-2H3;4H,1-3H3;4H,1-2H3/b8-6-;;;;;;. The third-order valence-corrected chi connectivity index (χ3v) is 5.38. The summed E-state index contributed by atoms with van der Waals surface area (Å²) in [4.78, 5) is 69.2. The molecule has 0 aromatic carbocycles. The largest absolute Gasteiger partial charge is 0.471 e. The molecule has 0 fully saturated rings. The number of isothiocyanates is 1. The highest BCUT2D eigenvalue weighted by atomic mass is 32.1. The van der Waals surface area contributed by atoms with E-state index in [1.807, 2.05) is 75.2 Å². The molecule has 0 unspecified atom stereocenters. The fourth-order valence-electron chi connectivity index (χ4n) is 1.82. The molecule has 53 heavy (non-hydrogen) atoms. The van der Waals surface area contributed by atoms with Crippen LogP contribution < -0.4 is 0 Å². The lowest BCUT2D eigenvalue weighted by Crippen LogP contribution is -2.07. The molecule has 0 amide bonds. The average molecular weight is 765 g/mol. The number of thiocarbonyl (C=S) groups is 1. The molecule has 0 aliphatic rings. The molecule has 302 valence electrons. The van der Waals surface area contributed by atoms with Crippen molar-refractivity contribution in [1.82, 2.24) is 0 Å². The number of halogens is 1. The molecular formula is C42H69FN2O7S. The Bertz CT molecular complexity index is 1220. The minimum Gasteiger partial charge on any atom is -0.471 e. The molecule has 0 saturated heterocycles. The topological polar surface area (TPSA) is 128 Å². The molecule has 0 aliphatic heterocycles. The second-order valence-electron chi connectivity index (χ2n) is 13.2. The molecule has 0 N–H and O–H groups in total. The van der Waals surface area contributed by atoms with Crippen LogP contribution in [0.2, 0.25) is 0 Å². The van der Waals surface area contributed by atoms with Crippen LogP contribution in [-0.2, 0) is 33.5 Å². The quantitative estimate of drug-likeness (QED) is 0.0345. The van der Waals surface area contributed by atoms with Gasteiger partial charge in [-0.15, -0.1) is 6.42 Å². The molecule has 0 aromatic heterocycles. The maximum absolute atomic E-state index is 11.3. The van der Waals surface area contributed by atoms with Crippen LogP contribution >= 0.6 is 12.2 Å². The fraction of sp³-hybridized carbons (Fsp3) is 0.619. The fourth-order valence-corrected chi connectivity index (χ4v) is 2.03. The van der Waals surface area contributed by atoms with Gasteiger partial charge in [0.25, 0.3) is 5.70 Å². The van der Waals surface area contributed by atoms with Crippen LogP contribution in [0.3, 0.4) is 0 Å². The van der Waals surface area contributed by atoms with Gasteiger partial charge in [-0.3, -0.25) is 28.8 Å². The van der Waals surface area contributed by atoms with Crippen molar-refractivity contribution in [3.63, 3.8) is 0 Å². The summed E-state index contributed by atoms with van der Waals surface area (Å²) in [5.74, 6) is 2.38. The van der Waals surface area contributed by atoms with E-state index in [1.165, 1.54) is 12.2 Å². The number of nitrogens with zero attached hydrogens (tertiary/aromatic N) is 2. The number of esters is 1. The number of carbonyl (C=O) groups excluding carboxylic acids is 6. The van der Waals surface area contributed by atoms with E-state index in [0.717, 1.165) is 0 Å². The van der Waals surface area contributed by atoms with Gasteiger partial charge in [0.2, 0.25) is 5.78 Å². The van der Waals surface area contributed by atoms with Gasteiger partial charge in [-0.2, -0.15) is 0 Å². The first-order chi connectivity index (χ1) is 24.2. The minimum atomic E-state index is -0.822. The van der Waals surface area contributed by atoms with E-state index < -0.39 is 12.6 Å². The molecule has 0 radical (unpaired) electrons. The molecule has 0 aromatic rings. The van der Waals surface area contributed by atoms with Crippen molar-refractivity contribution >= 4 is 52.3 Å². The number of Topliss-reactive ketones (excluding diaryl/α,β-unsaturated/α-hetero) is 3. The van der Waals surface area contributed by atoms with Gasteiger partial charge < -0.3 is 4.74 Å². The van der Waals surface area contributed by atoms with Gasteiger partial charge in [0.05, 0.1) is 24.4 Å². The zero-order chi connectivity index (χ0) is 43.9. The Kier molecular flexibility index (Phi) is 53.0. The summed E-state index contributed by atoms with van der Waals surface area (Å²) in [7, 11) is 0. The maximum atomic E-state index is 11.3. The summed E-state index contributed by atoms with van der Waals surface area (Å²) in [6, 6.07) is 0.308. The lowest BCUT2D eigenvalue weighted by atomic mass is 10.1. The molecule has 0 rings (SSSR count). The first-order valence-corrected chi connectivity index (χ1v) is 17.9. The van der Waals surface area contributed by atoms with Gasteiger partial charge in [0, 0.05) is 30.1 Å². The minimum absolute atomic E-state index is 0.00926. The van der Waals surface area contributed by atoms with E-state index >= 15 is 0 Å². The number of rotatable bonds is 13. The summed E-state index contributed by atoms with van der Waals surface area (Å²) in [6.07, 6.45) is 9.73. The molecule has 0 aliphatic carbocycles. The van der Waals surface area contributed by atoms with E-state index in [0.29, 0.717) is 25.0 Å². The van der Waals surface area contributed by atoms with Gasteiger partial charge in [0.1, 0.15) is 12.5 Å². The van der Waals surface area contributed by atoms with E-state index in [1.54, 1.807) is 47.6 Å². The Morgan fingerprint density at radius 3 is 1.40 bits per heavy atom. The van der Waals surface area contributed by atoms with Crippen LogP contribution in [0.15, 0.2) is 42.1 Å². The summed E-state index contributed by atoms with van der Waals surface area (Å²) in [5.41, 5.74) is 0.0758. The number of ketones is 5. The molecule has 0 spiro atoms. The Morgan fingerprint density at radius 1 is 0.849 bits per heavy atom. The molecule has 9 nitrogen and oxygen atoms in total. The number of aliphatic imine (C=N–C) groups is 1. The molecule has 0 heterocycles. The van der Waals surface area contributed by atoms with Crippen LogP contribution in [-0.4, -0.2) is 59.4 Å². The highest BCUT2D eigenvalue weighted by Gasteiger charge is 2.10. The van der Waals surface area contributed by atoms with Crippen molar-refractivity contribution in [1.29, 1.82) is 0 Å². The number of hydrogen-bond donors (Lipinski definition) is 0. The van der Waals surface area contributed by atoms with Crippen molar-refractivity contribution in [3.05, 3.63) is 48.5 Å². The lowest BCUT2D eigenvalue weighted by Gasteiger charge is -2.00. The zero-order valence-electron chi connectivity index (χ0n) is 35.4. The average Bonchev–Trinajstić information content (AvgIpc) is 3.06. The Balaban J connectivity index is -0.0000000946. The van der Waals surface area contributed by atoms with E-state index in [-0.39, 0.29) is 64.2 Å². The summed E-state index contributed by atoms with van der Waals surface area (Å²) >= 11 is 4.31. The van der Waals surface area contributed by atoms with Crippen LogP contribution in [0.25, 0.3) is 4.85 Å². The molecule has 0 saturated carbocycles. The highest BCUT2D eigenvalue weighted by molar-refractivity contribution is 7.78. The van der Waals surface area contributed by atoms with E-state index in [9.17, 15) is 33.2 Å². The van der Waals surface area contributed by atoms with E-state index in [2.05, 4.69) is 45.1 Å². The smallest absolute Gasteiger partial charge is 0.335 e. The predicted molar refractivity (Wildman–Crippen MR) is 221 cm³/mol. The zero-order valence-corrected chi connectivity index (χ0v) is 36.2. The lowest BCUT2D eigenvalue weighted by molar-refractivity contribution is -0.138. The van der Waals surface area contributed by atoms with Crippen molar-refractivity contribution in [2.75, 3.05) is 13.3 Å². The van der Waals surface area contributed by atoms with Crippen molar-refractivity contribution in [2.45, 2.75) is 123 Å². The number of ether oxygens (including phenoxy) is 1. The molecular weight excluding hydrogens is 696 g/mol. The molecule has 0 bridgehead atoms. The molecule has 11 heteroatoms. The third kappa shape index (κ3) is 63.3. The first kappa shape index (κ1) is 63.8. The number of terminal acetylenes is 1. The van der Waals surface area contributed by atoms with Crippen molar-refractivity contribution < 1.29 is 37.9 Å². The number of hydrogen-bond acceptors (Lipinski definition) is 9. The van der Waals surface area contributed by atoms with Gasteiger partial charge in [-0.1, -0.05) is 102 Å². The normalized spacial score (nSPS) is 9.43. The van der Waals surface area contributed by atoms with Gasteiger partial charge >= 0.3 is 5.97 Å². The highest BCUT2D eigenvalue weighted by Crippen LogP contribution is 2.05. The summed E-state index contributed by atoms with van der Waals surface area (Å²) < 4.78 is 16.0. The van der Waals surface area contributed by atoms with E-state index in [4.69, 9.17) is 13.0 Å². The number of carbonyl (C=O) groups is 6. The van der Waals surface area contributed by atoms with Crippen LogP contribution in [0.5, 0.6) is 0 Å². The Hall–Kier alpha value is -4.18. The monoisotopic (exact) mass is 764 g/mol. The second kappa shape index (κ2) is 44.0. The Morgan fingerprint density at radius 2 is 1.30 bits per heavy atom. The van der Waals surface area contributed by atoms with Gasteiger partial charge in [-0.05, 0) is 69.8 Å². The van der Waals surface area contributed by atoms with Crippen LogP contribution in [0, 0.1) is 54.4 Å². The molecule has 0 atom stereocenters. The predicted octanol–water partition coefficient (Wildman–Crippen LogP) is 9.95. The van der Waals surface area contributed by atoms with Crippen LogP contribution in [0.1, 0.15) is 117 Å². The van der Waals surface area contributed by atoms with Crippen molar-refractivity contribution in [2.24, 2.45) is 40.5 Å². The number of allylic oxidation sites excluding steroid dienone is 3.